The first-order valence-electron chi connectivity index (χ1n) is 10.5. The molecule has 3 aliphatic rings. The maximum atomic E-state index is 11.8. The molecule has 152 valence electrons. The SMILES string of the molecule is COCC(=O)NC1CCN(CC23CC(c4ccccc42)c2ccc(Cl)cc23)CC1. The summed E-state index contributed by atoms with van der Waals surface area (Å²) in [6.45, 7) is 3.16. The number of carbonyl (C=O) groups excluding carboxylic acids is 1. The predicted molar refractivity (Wildman–Crippen MR) is 115 cm³/mol. The highest BCUT2D eigenvalue weighted by Gasteiger charge is 2.53. The Morgan fingerprint density at radius 2 is 1.93 bits per heavy atom. The second kappa shape index (κ2) is 7.42. The van der Waals surface area contributed by atoms with Gasteiger partial charge in [0.05, 0.1) is 0 Å². The Labute approximate surface area is 177 Å². The number of nitrogens with zero attached hydrogens (tertiary/aromatic N) is 1. The smallest absolute Gasteiger partial charge is 0.246 e. The fourth-order valence-electron chi connectivity index (χ4n) is 5.84. The predicted octanol–water partition coefficient (Wildman–Crippen LogP) is 3.70. The van der Waals surface area contributed by atoms with Gasteiger partial charge >= 0.3 is 0 Å². The van der Waals surface area contributed by atoms with Gasteiger partial charge in [0.25, 0.3) is 0 Å². The molecule has 1 N–H and O–H groups in total. The highest BCUT2D eigenvalue weighted by atomic mass is 35.5. The third kappa shape index (κ3) is 3.18. The summed E-state index contributed by atoms with van der Waals surface area (Å²) in [5.74, 6) is 0.473. The van der Waals surface area contributed by atoms with Gasteiger partial charge in [0.15, 0.2) is 0 Å². The third-order valence-electron chi connectivity index (χ3n) is 7.03. The molecule has 29 heavy (non-hydrogen) atoms. The van der Waals surface area contributed by atoms with E-state index in [0.29, 0.717) is 5.92 Å². The molecule has 0 radical (unpaired) electrons. The van der Waals surface area contributed by atoms with E-state index in [1.807, 2.05) is 6.07 Å². The Bertz CT molecular complexity index is 938. The van der Waals surface area contributed by atoms with Crippen LogP contribution in [0.4, 0.5) is 0 Å². The summed E-state index contributed by atoms with van der Waals surface area (Å²) in [5.41, 5.74) is 5.88. The Balaban J connectivity index is 1.37. The molecule has 0 spiro atoms. The van der Waals surface area contributed by atoms with Crippen molar-refractivity contribution < 1.29 is 9.53 Å². The van der Waals surface area contributed by atoms with Gasteiger partial charge in [-0.25, -0.2) is 0 Å². The lowest BCUT2D eigenvalue weighted by Gasteiger charge is -2.40. The molecule has 1 amide bonds. The average Bonchev–Trinajstić information content (AvgIpc) is 3.21. The first kappa shape index (κ1) is 19.1. The van der Waals surface area contributed by atoms with Crippen LogP contribution in [0.25, 0.3) is 0 Å². The molecule has 1 fully saturated rings. The number of fused-ring (bicyclic) bond motifs is 8. The maximum absolute atomic E-state index is 11.8. The number of methoxy groups -OCH3 is 1. The highest BCUT2D eigenvalue weighted by Crippen LogP contribution is 2.60. The molecule has 2 atom stereocenters. The lowest BCUT2D eigenvalue weighted by Crippen LogP contribution is -2.49. The number of ether oxygens (including phenoxy) is 1. The maximum Gasteiger partial charge on any atom is 0.246 e. The first-order valence-corrected chi connectivity index (χ1v) is 10.9. The molecule has 4 nitrogen and oxygen atoms in total. The standard InChI is InChI=1S/C24H27ClN2O2/c1-29-14-23(28)26-17-8-10-27(11-9-17)15-24-13-20(18-4-2-3-5-21(18)24)19-7-6-16(25)12-22(19)24/h2-7,12,17,20H,8-11,13-15H2,1H3,(H,26,28). The first-order chi connectivity index (χ1) is 14.1. The van der Waals surface area contributed by atoms with Crippen LogP contribution in [-0.2, 0) is 14.9 Å². The molecule has 1 aliphatic heterocycles. The van der Waals surface area contributed by atoms with Crippen molar-refractivity contribution in [2.75, 3.05) is 33.4 Å². The summed E-state index contributed by atoms with van der Waals surface area (Å²) < 4.78 is 4.93. The monoisotopic (exact) mass is 410 g/mol. The Hall–Kier alpha value is -1.88. The number of benzene rings is 2. The second-order valence-electron chi connectivity index (χ2n) is 8.71. The third-order valence-corrected chi connectivity index (χ3v) is 7.27. The van der Waals surface area contributed by atoms with Gasteiger partial charge in [-0.15, -0.1) is 0 Å². The number of amides is 1. The van der Waals surface area contributed by atoms with Gasteiger partial charge in [-0.2, -0.15) is 0 Å². The molecule has 5 rings (SSSR count). The van der Waals surface area contributed by atoms with Crippen molar-refractivity contribution in [2.45, 2.75) is 36.6 Å². The van der Waals surface area contributed by atoms with Crippen molar-refractivity contribution in [2.24, 2.45) is 0 Å². The number of nitrogens with one attached hydrogen (secondary N) is 1. The number of carbonyl (C=O) groups is 1. The summed E-state index contributed by atoms with van der Waals surface area (Å²) in [6.07, 6.45) is 3.12. The number of halogens is 1. The normalized spacial score (nSPS) is 25.7. The van der Waals surface area contributed by atoms with E-state index in [9.17, 15) is 4.79 Å². The molecular formula is C24H27ClN2O2. The van der Waals surface area contributed by atoms with Crippen molar-refractivity contribution in [1.82, 2.24) is 10.2 Å². The zero-order valence-corrected chi connectivity index (χ0v) is 17.5. The molecule has 1 heterocycles. The zero-order valence-electron chi connectivity index (χ0n) is 16.8. The molecule has 2 unspecified atom stereocenters. The van der Waals surface area contributed by atoms with Gasteiger partial charge in [-0.3, -0.25) is 4.79 Å². The summed E-state index contributed by atoms with van der Waals surface area (Å²) in [7, 11) is 1.56. The molecular weight excluding hydrogens is 384 g/mol. The van der Waals surface area contributed by atoms with Crippen LogP contribution < -0.4 is 5.32 Å². The number of likely N-dealkylation sites (tertiary alicyclic amines) is 1. The van der Waals surface area contributed by atoms with E-state index in [-0.39, 0.29) is 24.0 Å². The summed E-state index contributed by atoms with van der Waals surface area (Å²) in [4.78, 5) is 14.4. The molecule has 1 saturated heterocycles. The van der Waals surface area contributed by atoms with Gasteiger partial charge in [0.2, 0.25) is 5.91 Å². The van der Waals surface area contributed by atoms with E-state index < -0.39 is 0 Å². The number of rotatable bonds is 5. The molecule has 0 saturated carbocycles. The van der Waals surface area contributed by atoms with Crippen molar-refractivity contribution >= 4 is 17.5 Å². The van der Waals surface area contributed by atoms with Crippen LogP contribution in [0.1, 0.15) is 47.4 Å². The van der Waals surface area contributed by atoms with Gasteiger partial charge < -0.3 is 15.0 Å². The van der Waals surface area contributed by atoms with Crippen LogP contribution in [0, 0.1) is 0 Å². The van der Waals surface area contributed by atoms with E-state index in [0.717, 1.165) is 43.9 Å². The lowest BCUT2D eigenvalue weighted by molar-refractivity contribution is -0.125. The van der Waals surface area contributed by atoms with Crippen LogP contribution in [0.2, 0.25) is 5.02 Å². The van der Waals surface area contributed by atoms with E-state index in [4.69, 9.17) is 16.3 Å². The molecule has 2 aromatic rings. The fourth-order valence-corrected chi connectivity index (χ4v) is 6.01. The minimum atomic E-state index is -0.0172. The van der Waals surface area contributed by atoms with Crippen LogP contribution in [0.15, 0.2) is 42.5 Å². The second-order valence-corrected chi connectivity index (χ2v) is 9.15. The van der Waals surface area contributed by atoms with E-state index >= 15 is 0 Å². The average molecular weight is 411 g/mol. The minimum absolute atomic E-state index is 0.0172. The summed E-state index contributed by atoms with van der Waals surface area (Å²) in [5, 5.41) is 3.92. The topological polar surface area (TPSA) is 41.6 Å². The molecule has 0 aromatic heterocycles. The quantitative estimate of drug-likeness (QED) is 0.817. The molecule has 5 heteroatoms. The van der Waals surface area contributed by atoms with Gasteiger partial charge in [0, 0.05) is 49.1 Å². The van der Waals surface area contributed by atoms with Crippen LogP contribution in [0.5, 0.6) is 0 Å². The van der Waals surface area contributed by atoms with Crippen LogP contribution in [-0.4, -0.2) is 50.2 Å². The molecule has 2 aliphatic carbocycles. The minimum Gasteiger partial charge on any atom is -0.375 e. The number of hydrogen-bond acceptors (Lipinski definition) is 3. The Morgan fingerprint density at radius 3 is 2.72 bits per heavy atom. The number of hydrogen-bond donors (Lipinski definition) is 1. The van der Waals surface area contributed by atoms with Gasteiger partial charge in [0.1, 0.15) is 6.61 Å². The zero-order chi connectivity index (χ0) is 20.0. The highest BCUT2D eigenvalue weighted by molar-refractivity contribution is 6.30. The molecule has 2 aromatic carbocycles. The van der Waals surface area contributed by atoms with Crippen molar-refractivity contribution in [3.05, 3.63) is 69.7 Å². The fraction of sp³-hybridized carbons (Fsp3) is 0.458. The van der Waals surface area contributed by atoms with E-state index in [1.54, 1.807) is 7.11 Å². The number of piperidine rings is 1. The van der Waals surface area contributed by atoms with Crippen molar-refractivity contribution in [3.63, 3.8) is 0 Å². The summed E-state index contributed by atoms with van der Waals surface area (Å²) >= 11 is 6.42. The molecule has 2 bridgehead atoms. The largest absolute Gasteiger partial charge is 0.375 e. The Kier molecular flexibility index (Phi) is 4.89. The summed E-state index contributed by atoms with van der Waals surface area (Å²) in [6, 6.07) is 15.7. The van der Waals surface area contributed by atoms with Gasteiger partial charge in [-0.1, -0.05) is 41.9 Å². The Morgan fingerprint density at radius 1 is 1.17 bits per heavy atom. The van der Waals surface area contributed by atoms with Crippen LogP contribution >= 0.6 is 11.6 Å². The van der Waals surface area contributed by atoms with E-state index in [2.05, 4.69) is 46.6 Å². The lowest BCUT2D eigenvalue weighted by atomic mass is 9.74. The van der Waals surface area contributed by atoms with Crippen molar-refractivity contribution in [3.8, 4) is 0 Å². The van der Waals surface area contributed by atoms with Crippen molar-refractivity contribution in [1.29, 1.82) is 0 Å². The van der Waals surface area contributed by atoms with Crippen LogP contribution in [0.3, 0.4) is 0 Å². The van der Waals surface area contributed by atoms with Gasteiger partial charge in [-0.05, 0) is 53.6 Å². The van der Waals surface area contributed by atoms with E-state index in [1.165, 1.54) is 22.3 Å².